The predicted molar refractivity (Wildman–Crippen MR) is 68.0 cm³/mol. The molecule has 1 aromatic rings. The molecule has 1 heterocycles. The van der Waals surface area contributed by atoms with Crippen LogP contribution in [0, 0.1) is 0 Å². The Bertz CT molecular complexity index is 361. The lowest BCUT2D eigenvalue weighted by atomic mass is 10.3. The summed E-state index contributed by atoms with van der Waals surface area (Å²) < 4.78 is 0. The molecular formula is C12H18N4O. The van der Waals surface area contributed by atoms with Crippen LogP contribution in [0.15, 0.2) is 25.0 Å². The van der Waals surface area contributed by atoms with Gasteiger partial charge in [0.2, 0.25) is 5.95 Å². The molecule has 0 bridgehead atoms. The van der Waals surface area contributed by atoms with Gasteiger partial charge in [-0.25, -0.2) is 9.97 Å². The van der Waals surface area contributed by atoms with E-state index in [1.807, 2.05) is 0 Å². The number of nitrogens with zero attached hydrogens (tertiary/aromatic N) is 2. The summed E-state index contributed by atoms with van der Waals surface area (Å²) in [4.78, 5) is 19.7. The van der Waals surface area contributed by atoms with E-state index in [9.17, 15) is 4.79 Å². The molecule has 1 amide bonds. The summed E-state index contributed by atoms with van der Waals surface area (Å²) in [6.07, 6.45) is 6.78. The molecule has 0 atom stereocenters. The van der Waals surface area contributed by atoms with Crippen LogP contribution in [0.25, 0.3) is 0 Å². The van der Waals surface area contributed by atoms with Crippen LogP contribution in [0.1, 0.15) is 30.1 Å². The summed E-state index contributed by atoms with van der Waals surface area (Å²) in [6, 6.07) is 0. The third-order valence-corrected chi connectivity index (χ3v) is 2.13. The highest BCUT2D eigenvalue weighted by Crippen LogP contribution is 2.00. The van der Waals surface area contributed by atoms with E-state index >= 15 is 0 Å². The average Bonchev–Trinajstić information content (AvgIpc) is 2.37. The lowest BCUT2D eigenvalue weighted by Crippen LogP contribution is -2.24. The Hall–Kier alpha value is -1.91. The van der Waals surface area contributed by atoms with Crippen molar-refractivity contribution in [2.45, 2.75) is 19.8 Å². The first kappa shape index (κ1) is 13.2. The highest BCUT2D eigenvalue weighted by molar-refractivity contribution is 5.93. The maximum atomic E-state index is 11.6. The lowest BCUT2D eigenvalue weighted by molar-refractivity contribution is 0.0952. The molecule has 0 saturated carbocycles. The van der Waals surface area contributed by atoms with E-state index in [2.05, 4.69) is 34.1 Å². The van der Waals surface area contributed by atoms with Crippen LogP contribution < -0.4 is 10.6 Å². The molecule has 1 aromatic heterocycles. The van der Waals surface area contributed by atoms with E-state index in [0.717, 1.165) is 12.8 Å². The second-order valence-electron chi connectivity index (χ2n) is 3.57. The van der Waals surface area contributed by atoms with Crippen molar-refractivity contribution >= 4 is 11.9 Å². The Balaban J connectivity index is 2.48. The molecule has 0 radical (unpaired) electrons. The summed E-state index contributed by atoms with van der Waals surface area (Å²) in [5, 5.41) is 5.75. The molecule has 0 spiro atoms. The molecular weight excluding hydrogens is 216 g/mol. The zero-order valence-corrected chi connectivity index (χ0v) is 10.1. The number of unbranched alkanes of at least 4 members (excludes halogenated alkanes) is 1. The SMILES string of the molecule is C=CCNc1ncc(C(=O)NCCCC)cn1. The number of carbonyl (C=O) groups is 1. The van der Waals surface area contributed by atoms with E-state index in [0.29, 0.717) is 24.6 Å². The number of rotatable bonds is 7. The molecule has 0 saturated heterocycles. The van der Waals surface area contributed by atoms with Gasteiger partial charge < -0.3 is 10.6 Å². The second kappa shape index (κ2) is 7.38. The molecule has 17 heavy (non-hydrogen) atoms. The van der Waals surface area contributed by atoms with Crippen molar-refractivity contribution in [3.05, 3.63) is 30.6 Å². The van der Waals surface area contributed by atoms with Crippen LogP contribution in [-0.2, 0) is 0 Å². The van der Waals surface area contributed by atoms with E-state index in [1.165, 1.54) is 12.4 Å². The van der Waals surface area contributed by atoms with Gasteiger partial charge in [-0.1, -0.05) is 19.4 Å². The lowest BCUT2D eigenvalue weighted by Gasteiger charge is -2.04. The van der Waals surface area contributed by atoms with E-state index in [1.54, 1.807) is 6.08 Å². The van der Waals surface area contributed by atoms with Gasteiger partial charge in [0.25, 0.3) is 5.91 Å². The Morgan fingerprint density at radius 3 is 2.76 bits per heavy atom. The Kier molecular flexibility index (Phi) is 5.71. The van der Waals surface area contributed by atoms with Crippen LogP contribution in [0.3, 0.4) is 0 Å². The van der Waals surface area contributed by atoms with Gasteiger partial charge in [0, 0.05) is 25.5 Å². The molecule has 0 fully saturated rings. The van der Waals surface area contributed by atoms with Gasteiger partial charge in [0.1, 0.15) is 0 Å². The van der Waals surface area contributed by atoms with Crippen molar-refractivity contribution in [3.63, 3.8) is 0 Å². The fourth-order valence-electron chi connectivity index (χ4n) is 1.18. The fourth-order valence-corrected chi connectivity index (χ4v) is 1.18. The van der Waals surface area contributed by atoms with Gasteiger partial charge in [0.05, 0.1) is 5.56 Å². The Morgan fingerprint density at radius 1 is 1.47 bits per heavy atom. The number of carbonyl (C=O) groups excluding carboxylic acids is 1. The van der Waals surface area contributed by atoms with Gasteiger partial charge in [0.15, 0.2) is 0 Å². The highest BCUT2D eigenvalue weighted by Gasteiger charge is 2.05. The largest absolute Gasteiger partial charge is 0.352 e. The third-order valence-electron chi connectivity index (χ3n) is 2.13. The number of hydrogen-bond donors (Lipinski definition) is 2. The molecule has 0 aromatic carbocycles. The Morgan fingerprint density at radius 2 is 2.18 bits per heavy atom. The predicted octanol–water partition coefficient (Wildman–Crippen LogP) is 1.60. The van der Waals surface area contributed by atoms with Gasteiger partial charge in [-0.15, -0.1) is 6.58 Å². The maximum absolute atomic E-state index is 11.6. The van der Waals surface area contributed by atoms with Crippen molar-refractivity contribution in [3.8, 4) is 0 Å². The minimum Gasteiger partial charge on any atom is -0.352 e. The first-order chi connectivity index (χ1) is 8.27. The first-order valence-corrected chi connectivity index (χ1v) is 5.73. The van der Waals surface area contributed by atoms with Crippen LogP contribution >= 0.6 is 0 Å². The average molecular weight is 234 g/mol. The van der Waals surface area contributed by atoms with Crippen molar-refractivity contribution in [2.24, 2.45) is 0 Å². The summed E-state index contributed by atoms with van der Waals surface area (Å²) in [5.41, 5.74) is 0.477. The van der Waals surface area contributed by atoms with Gasteiger partial charge in [-0.05, 0) is 6.42 Å². The van der Waals surface area contributed by atoms with Gasteiger partial charge in [-0.3, -0.25) is 4.79 Å². The third kappa shape index (κ3) is 4.63. The van der Waals surface area contributed by atoms with Gasteiger partial charge in [-0.2, -0.15) is 0 Å². The van der Waals surface area contributed by atoms with Crippen LogP contribution in [0.5, 0.6) is 0 Å². The minimum absolute atomic E-state index is 0.131. The summed E-state index contributed by atoms with van der Waals surface area (Å²) in [7, 11) is 0. The molecule has 5 nitrogen and oxygen atoms in total. The highest BCUT2D eigenvalue weighted by atomic mass is 16.1. The fraction of sp³-hybridized carbons (Fsp3) is 0.417. The molecule has 0 aliphatic rings. The number of nitrogens with one attached hydrogen (secondary N) is 2. The Labute approximate surface area is 101 Å². The van der Waals surface area contributed by atoms with E-state index < -0.39 is 0 Å². The number of hydrogen-bond acceptors (Lipinski definition) is 4. The number of aromatic nitrogens is 2. The molecule has 0 aliphatic carbocycles. The van der Waals surface area contributed by atoms with Crippen LogP contribution in [-0.4, -0.2) is 29.0 Å². The topological polar surface area (TPSA) is 66.9 Å². The van der Waals surface area contributed by atoms with E-state index in [-0.39, 0.29) is 5.91 Å². The number of anilines is 1. The second-order valence-corrected chi connectivity index (χ2v) is 3.57. The smallest absolute Gasteiger partial charge is 0.254 e. The van der Waals surface area contributed by atoms with Crippen molar-refractivity contribution in [2.75, 3.05) is 18.4 Å². The quantitative estimate of drug-likeness (QED) is 0.555. The molecule has 1 rings (SSSR count). The van der Waals surface area contributed by atoms with Crippen LogP contribution in [0.2, 0.25) is 0 Å². The maximum Gasteiger partial charge on any atom is 0.254 e. The van der Waals surface area contributed by atoms with Crippen LogP contribution in [0.4, 0.5) is 5.95 Å². The van der Waals surface area contributed by atoms with Gasteiger partial charge >= 0.3 is 0 Å². The summed E-state index contributed by atoms with van der Waals surface area (Å²) >= 11 is 0. The zero-order valence-electron chi connectivity index (χ0n) is 10.1. The molecule has 0 aliphatic heterocycles. The van der Waals surface area contributed by atoms with Crippen molar-refractivity contribution < 1.29 is 4.79 Å². The zero-order chi connectivity index (χ0) is 12.5. The standard InChI is InChI=1S/C12H18N4O/c1-3-5-7-13-11(17)10-8-15-12(16-9-10)14-6-4-2/h4,8-9H,2-3,5-7H2,1H3,(H,13,17)(H,14,15,16). The summed E-state index contributed by atoms with van der Waals surface area (Å²) in [6.45, 7) is 6.95. The minimum atomic E-state index is -0.131. The first-order valence-electron chi connectivity index (χ1n) is 5.73. The van der Waals surface area contributed by atoms with E-state index in [4.69, 9.17) is 0 Å². The monoisotopic (exact) mass is 234 g/mol. The molecule has 92 valence electrons. The molecule has 0 unspecified atom stereocenters. The summed E-state index contributed by atoms with van der Waals surface area (Å²) in [5.74, 6) is 0.365. The van der Waals surface area contributed by atoms with Crippen molar-refractivity contribution in [1.82, 2.24) is 15.3 Å². The number of amides is 1. The van der Waals surface area contributed by atoms with Crippen molar-refractivity contribution in [1.29, 1.82) is 0 Å². The molecule has 2 N–H and O–H groups in total. The normalized spacial score (nSPS) is 9.71. The molecule has 5 heteroatoms.